The van der Waals surface area contributed by atoms with Gasteiger partial charge in [0, 0.05) is 25.8 Å². The number of ether oxygens (including phenoxy) is 2. The Balaban J connectivity index is 1.89. The van der Waals surface area contributed by atoms with E-state index in [1.54, 1.807) is 17.7 Å². The number of non-ortho nitro benzene ring substituents is 1. The summed E-state index contributed by atoms with van der Waals surface area (Å²) in [6.07, 6.45) is 0. The van der Waals surface area contributed by atoms with E-state index in [1.165, 1.54) is 47.7 Å². The molecule has 28 heavy (non-hydrogen) atoms. The SMILES string of the molecule is COCCn1c(=NC(=O)COc2ccc(F)cc2)sc2cc([N+](=O)[O-])ccc21. The molecule has 0 saturated heterocycles. The van der Waals surface area contributed by atoms with E-state index in [4.69, 9.17) is 9.47 Å². The minimum atomic E-state index is -0.531. The van der Waals surface area contributed by atoms with Crippen molar-refractivity contribution >= 4 is 33.1 Å². The summed E-state index contributed by atoms with van der Waals surface area (Å²) in [4.78, 5) is 27.2. The number of carbonyl (C=O) groups excluding carboxylic acids is 1. The van der Waals surface area contributed by atoms with E-state index in [1.807, 2.05) is 0 Å². The van der Waals surface area contributed by atoms with Crippen LogP contribution in [0.4, 0.5) is 10.1 Å². The molecule has 0 saturated carbocycles. The van der Waals surface area contributed by atoms with E-state index < -0.39 is 16.6 Å². The Kier molecular flexibility index (Phi) is 6.12. The summed E-state index contributed by atoms with van der Waals surface area (Å²) in [5, 5.41) is 11.0. The van der Waals surface area contributed by atoms with Gasteiger partial charge in [-0.15, -0.1) is 0 Å². The Bertz CT molecular complexity index is 1080. The molecule has 1 heterocycles. The first-order valence-corrected chi connectivity index (χ1v) is 9.02. The van der Waals surface area contributed by atoms with Gasteiger partial charge in [-0.3, -0.25) is 14.9 Å². The lowest BCUT2D eigenvalue weighted by Gasteiger charge is -2.05. The first-order valence-electron chi connectivity index (χ1n) is 8.20. The fourth-order valence-electron chi connectivity index (χ4n) is 2.47. The van der Waals surface area contributed by atoms with Crippen molar-refractivity contribution < 1.29 is 23.6 Å². The van der Waals surface area contributed by atoms with Crippen molar-refractivity contribution in [3.63, 3.8) is 0 Å². The van der Waals surface area contributed by atoms with Crippen LogP contribution in [0.2, 0.25) is 0 Å². The average molecular weight is 405 g/mol. The minimum absolute atomic E-state index is 0.0369. The van der Waals surface area contributed by atoms with Gasteiger partial charge in [0.1, 0.15) is 11.6 Å². The molecule has 8 nitrogen and oxygen atoms in total. The summed E-state index contributed by atoms with van der Waals surface area (Å²) in [5.41, 5.74) is 0.684. The lowest BCUT2D eigenvalue weighted by Crippen LogP contribution is -2.21. The Labute approximate surface area is 162 Å². The number of fused-ring (bicyclic) bond motifs is 1. The highest BCUT2D eigenvalue weighted by Crippen LogP contribution is 2.23. The van der Waals surface area contributed by atoms with Gasteiger partial charge in [-0.25, -0.2) is 4.39 Å². The number of benzene rings is 2. The Morgan fingerprint density at radius 1 is 1.29 bits per heavy atom. The Morgan fingerprint density at radius 2 is 2.04 bits per heavy atom. The monoisotopic (exact) mass is 405 g/mol. The Morgan fingerprint density at radius 3 is 2.71 bits per heavy atom. The number of aromatic nitrogens is 1. The van der Waals surface area contributed by atoms with Crippen molar-refractivity contribution in [2.45, 2.75) is 6.54 Å². The third-order valence-corrected chi connectivity index (χ3v) is 4.83. The second-order valence-electron chi connectivity index (χ2n) is 5.69. The average Bonchev–Trinajstić information content (AvgIpc) is 3.01. The number of nitrogens with zero attached hydrogens (tertiary/aromatic N) is 3. The molecular formula is C18H16FN3O5S. The van der Waals surface area contributed by atoms with Crippen molar-refractivity contribution in [2.24, 2.45) is 4.99 Å². The van der Waals surface area contributed by atoms with Crippen LogP contribution in [-0.2, 0) is 16.1 Å². The second kappa shape index (κ2) is 8.72. The highest BCUT2D eigenvalue weighted by Gasteiger charge is 2.13. The van der Waals surface area contributed by atoms with Crippen molar-refractivity contribution in [2.75, 3.05) is 20.3 Å². The lowest BCUT2D eigenvalue weighted by atomic mass is 10.3. The molecule has 0 fully saturated rings. The fourth-order valence-corrected chi connectivity index (χ4v) is 3.58. The fraction of sp³-hybridized carbons (Fsp3) is 0.222. The van der Waals surface area contributed by atoms with Crippen LogP contribution in [0.15, 0.2) is 47.5 Å². The maximum absolute atomic E-state index is 12.9. The zero-order valence-electron chi connectivity index (χ0n) is 14.8. The number of thiazole rings is 1. The highest BCUT2D eigenvalue weighted by atomic mass is 32.1. The molecular weight excluding hydrogens is 389 g/mol. The summed E-state index contributed by atoms with van der Waals surface area (Å²) in [6.45, 7) is 0.500. The molecule has 3 aromatic rings. The summed E-state index contributed by atoms with van der Waals surface area (Å²) in [6, 6.07) is 9.77. The van der Waals surface area contributed by atoms with E-state index in [0.29, 0.717) is 28.4 Å². The van der Waals surface area contributed by atoms with Crippen molar-refractivity contribution in [1.82, 2.24) is 4.57 Å². The van der Waals surface area contributed by atoms with E-state index in [9.17, 15) is 19.3 Å². The lowest BCUT2D eigenvalue weighted by molar-refractivity contribution is -0.384. The number of halogens is 1. The maximum atomic E-state index is 12.9. The van der Waals surface area contributed by atoms with Crippen LogP contribution in [0, 0.1) is 15.9 Å². The van der Waals surface area contributed by atoms with Crippen LogP contribution in [0.5, 0.6) is 5.75 Å². The zero-order chi connectivity index (χ0) is 20.1. The number of carbonyl (C=O) groups is 1. The van der Waals surface area contributed by atoms with E-state index in [0.717, 1.165) is 5.52 Å². The quantitative estimate of drug-likeness (QED) is 0.445. The smallest absolute Gasteiger partial charge is 0.286 e. The van der Waals surface area contributed by atoms with Gasteiger partial charge in [-0.1, -0.05) is 11.3 Å². The van der Waals surface area contributed by atoms with Gasteiger partial charge in [0.2, 0.25) is 0 Å². The maximum Gasteiger partial charge on any atom is 0.286 e. The predicted molar refractivity (Wildman–Crippen MR) is 101 cm³/mol. The molecule has 1 aromatic heterocycles. The number of hydrogen-bond acceptors (Lipinski definition) is 6. The Hall–Kier alpha value is -3.11. The standard InChI is InChI=1S/C18H16FN3O5S/c1-26-9-8-21-15-7-4-13(22(24)25)10-16(15)28-18(21)20-17(23)11-27-14-5-2-12(19)3-6-14/h2-7,10H,8-9,11H2,1H3. The van der Waals surface area contributed by atoms with E-state index in [-0.39, 0.29) is 12.3 Å². The number of nitro groups is 1. The third-order valence-electron chi connectivity index (χ3n) is 3.79. The topological polar surface area (TPSA) is 96.0 Å². The normalized spacial score (nSPS) is 11.7. The molecule has 0 bridgehead atoms. The van der Waals surface area contributed by atoms with Crippen LogP contribution in [0.3, 0.4) is 0 Å². The zero-order valence-corrected chi connectivity index (χ0v) is 15.6. The van der Waals surface area contributed by atoms with Gasteiger partial charge >= 0.3 is 0 Å². The molecule has 0 N–H and O–H groups in total. The molecule has 10 heteroatoms. The molecule has 0 spiro atoms. The van der Waals surface area contributed by atoms with Gasteiger partial charge in [-0.05, 0) is 30.3 Å². The number of nitro benzene ring substituents is 1. The van der Waals surface area contributed by atoms with Crippen LogP contribution in [-0.4, -0.2) is 35.7 Å². The van der Waals surface area contributed by atoms with Gasteiger partial charge < -0.3 is 14.0 Å². The molecule has 0 atom stereocenters. The first kappa shape index (κ1) is 19.6. The van der Waals surface area contributed by atoms with Crippen LogP contribution < -0.4 is 9.54 Å². The van der Waals surface area contributed by atoms with Gasteiger partial charge in [-0.2, -0.15) is 4.99 Å². The van der Waals surface area contributed by atoms with Gasteiger partial charge in [0.15, 0.2) is 11.4 Å². The molecule has 0 unspecified atom stereocenters. The molecule has 0 aliphatic heterocycles. The van der Waals surface area contributed by atoms with Crippen molar-refractivity contribution in [1.29, 1.82) is 0 Å². The van der Waals surface area contributed by atoms with Crippen LogP contribution in [0.25, 0.3) is 10.2 Å². The van der Waals surface area contributed by atoms with Gasteiger partial charge in [0.05, 0.1) is 21.7 Å². The predicted octanol–water partition coefficient (Wildman–Crippen LogP) is 2.90. The molecule has 1 amide bonds. The molecule has 146 valence electrons. The summed E-state index contributed by atoms with van der Waals surface area (Å²) >= 11 is 1.17. The largest absolute Gasteiger partial charge is 0.484 e. The molecule has 3 rings (SSSR count). The van der Waals surface area contributed by atoms with Gasteiger partial charge in [0.25, 0.3) is 11.6 Å². The second-order valence-corrected chi connectivity index (χ2v) is 6.70. The molecule has 2 aromatic carbocycles. The summed E-state index contributed by atoms with van der Waals surface area (Å²) in [5.74, 6) is -0.581. The molecule has 0 radical (unpaired) electrons. The number of methoxy groups -OCH3 is 1. The molecule has 0 aliphatic carbocycles. The summed E-state index contributed by atoms with van der Waals surface area (Å²) < 4.78 is 25.7. The van der Waals surface area contributed by atoms with E-state index in [2.05, 4.69) is 4.99 Å². The summed E-state index contributed by atoms with van der Waals surface area (Å²) in [7, 11) is 1.55. The van der Waals surface area contributed by atoms with Crippen molar-refractivity contribution in [3.8, 4) is 5.75 Å². The minimum Gasteiger partial charge on any atom is -0.484 e. The highest BCUT2D eigenvalue weighted by molar-refractivity contribution is 7.16. The third kappa shape index (κ3) is 4.59. The van der Waals surface area contributed by atoms with E-state index >= 15 is 0 Å². The van der Waals surface area contributed by atoms with Crippen LogP contribution >= 0.6 is 11.3 Å². The van der Waals surface area contributed by atoms with Crippen molar-refractivity contribution in [3.05, 3.63) is 63.2 Å². The number of hydrogen-bond donors (Lipinski definition) is 0. The molecule has 0 aliphatic rings. The first-order chi connectivity index (χ1) is 13.5. The van der Waals surface area contributed by atoms with Crippen LogP contribution in [0.1, 0.15) is 0 Å². The number of amides is 1. The number of rotatable bonds is 7.